The van der Waals surface area contributed by atoms with Gasteiger partial charge in [-0.1, -0.05) is 115 Å². The third-order valence-electron chi connectivity index (χ3n) is 5.99. The number of hydrogen-bond donors (Lipinski definition) is 0. The number of rotatable bonds is 3. The van der Waals surface area contributed by atoms with Gasteiger partial charge in [-0.3, -0.25) is 0 Å². The smallest absolute Gasteiger partial charge is 0.161 e. The van der Waals surface area contributed by atoms with Crippen LogP contribution in [0.5, 0.6) is 0 Å². The molecule has 156 valence electrons. The van der Waals surface area contributed by atoms with E-state index in [1.807, 2.05) is 42.5 Å². The number of benzene rings is 5. The van der Waals surface area contributed by atoms with Crippen LogP contribution in [-0.4, -0.2) is 9.97 Å². The van der Waals surface area contributed by atoms with Crippen LogP contribution in [-0.2, 0) is 0 Å². The number of fused-ring (bicyclic) bond motifs is 3. The first-order chi connectivity index (χ1) is 16.3. The molecular formula is C30H19ClN2. The van der Waals surface area contributed by atoms with Gasteiger partial charge in [0.15, 0.2) is 5.82 Å². The molecule has 1 heterocycles. The highest BCUT2D eigenvalue weighted by atomic mass is 35.5. The van der Waals surface area contributed by atoms with Gasteiger partial charge in [0.2, 0.25) is 0 Å². The Bertz CT molecular complexity index is 1620. The maximum atomic E-state index is 6.47. The van der Waals surface area contributed by atoms with Gasteiger partial charge in [-0.25, -0.2) is 9.97 Å². The lowest BCUT2D eigenvalue weighted by Gasteiger charge is -2.15. The molecule has 0 unspecified atom stereocenters. The number of hydrogen-bond acceptors (Lipinski definition) is 2. The highest BCUT2D eigenvalue weighted by molar-refractivity contribution is 6.29. The standard InChI is InChI=1S/C30H19ClN2/c31-29-19-28(32-30(33-29)20-10-2-1-3-11-20)26-17-9-8-16-25(26)27-18-21-12-4-5-13-22(21)23-14-6-7-15-24(23)27/h1-19H. The SMILES string of the molecule is Clc1cc(-c2ccccc2-c2cc3ccccc3c3ccccc23)nc(-c2ccccc2)n1. The summed E-state index contributed by atoms with van der Waals surface area (Å²) in [5.74, 6) is 0.622. The Balaban J connectivity index is 1.62. The van der Waals surface area contributed by atoms with Crippen molar-refractivity contribution in [3.8, 4) is 33.8 Å². The van der Waals surface area contributed by atoms with E-state index < -0.39 is 0 Å². The molecular weight excluding hydrogens is 424 g/mol. The second kappa shape index (κ2) is 8.16. The summed E-state index contributed by atoms with van der Waals surface area (Å²) >= 11 is 6.47. The summed E-state index contributed by atoms with van der Waals surface area (Å²) in [6, 6.07) is 39.5. The van der Waals surface area contributed by atoms with Crippen LogP contribution in [0.3, 0.4) is 0 Å². The van der Waals surface area contributed by atoms with Crippen molar-refractivity contribution in [2.24, 2.45) is 0 Å². The summed E-state index contributed by atoms with van der Waals surface area (Å²) in [5.41, 5.74) is 5.07. The van der Waals surface area contributed by atoms with Crippen molar-refractivity contribution < 1.29 is 0 Å². The topological polar surface area (TPSA) is 25.8 Å². The van der Waals surface area contributed by atoms with Crippen LogP contribution < -0.4 is 0 Å². The molecule has 0 atom stereocenters. The molecule has 0 fully saturated rings. The molecule has 0 amide bonds. The summed E-state index contributed by atoms with van der Waals surface area (Å²) in [6.45, 7) is 0. The predicted octanol–water partition coefficient (Wildman–Crippen LogP) is 8.44. The van der Waals surface area contributed by atoms with Gasteiger partial charge >= 0.3 is 0 Å². The molecule has 6 rings (SSSR count). The molecule has 1 aromatic heterocycles. The second-order valence-corrected chi connectivity index (χ2v) is 8.39. The first-order valence-corrected chi connectivity index (χ1v) is 11.3. The molecule has 6 aromatic rings. The molecule has 5 aromatic carbocycles. The van der Waals surface area contributed by atoms with Gasteiger partial charge in [-0.05, 0) is 38.7 Å². The molecule has 0 radical (unpaired) electrons. The van der Waals surface area contributed by atoms with Crippen molar-refractivity contribution >= 4 is 33.1 Å². The minimum Gasteiger partial charge on any atom is -0.228 e. The van der Waals surface area contributed by atoms with Crippen LogP contribution in [0.4, 0.5) is 0 Å². The molecule has 0 aliphatic heterocycles. The Morgan fingerprint density at radius 2 is 1.12 bits per heavy atom. The zero-order valence-corrected chi connectivity index (χ0v) is 18.5. The summed E-state index contributed by atoms with van der Waals surface area (Å²) in [5, 5.41) is 5.35. The molecule has 0 bridgehead atoms. The maximum absolute atomic E-state index is 6.47. The molecule has 0 spiro atoms. The van der Waals surface area contributed by atoms with Crippen molar-refractivity contribution in [2.75, 3.05) is 0 Å². The van der Waals surface area contributed by atoms with Crippen LogP contribution in [0.15, 0.2) is 115 Å². The average Bonchev–Trinajstić information content (AvgIpc) is 2.88. The lowest BCUT2D eigenvalue weighted by molar-refractivity contribution is 1.18. The third kappa shape index (κ3) is 3.55. The fraction of sp³-hybridized carbons (Fsp3) is 0. The quantitative estimate of drug-likeness (QED) is 0.203. The van der Waals surface area contributed by atoms with Gasteiger partial charge < -0.3 is 0 Å². The Morgan fingerprint density at radius 3 is 1.94 bits per heavy atom. The van der Waals surface area contributed by atoms with E-state index in [2.05, 4.69) is 77.8 Å². The molecule has 33 heavy (non-hydrogen) atoms. The minimum absolute atomic E-state index is 0.428. The fourth-order valence-electron chi connectivity index (χ4n) is 4.49. The van der Waals surface area contributed by atoms with Gasteiger partial charge in [0.05, 0.1) is 5.69 Å². The lowest BCUT2D eigenvalue weighted by Crippen LogP contribution is -1.95. The van der Waals surface area contributed by atoms with Crippen LogP contribution in [0.25, 0.3) is 55.3 Å². The molecule has 0 N–H and O–H groups in total. The maximum Gasteiger partial charge on any atom is 0.161 e. The summed E-state index contributed by atoms with van der Waals surface area (Å²) < 4.78 is 0. The van der Waals surface area contributed by atoms with E-state index in [0.717, 1.165) is 22.4 Å². The van der Waals surface area contributed by atoms with Crippen LogP contribution in [0.2, 0.25) is 5.15 Å². The Morgan fingerprint density at radius 1 is 0.485 bits per heavy atom. The molecule has 0 saturated carbocycles. The van der Waals surface area contributed by atoms with E-state index in [0.29, 0.717) is 11.0 Å². The van der Waals surface area contributed by atoms with Gasteiger partial charge in [0.25, 0.3) is 0 Å². The molecule has 0 aliphatic rings. The van der Waals surface area contributed by atoms with E-state index in [4.69, 9.17) is 16.6 Å². The van der Waals surface area contributed by atoms with Crippen LogP contribution in [0, 0.1) is 0 Å². The van der Waals surface area contributed by atoms with E-state index in [1.54, 1.807) is 0 Å². The lowest BCUT2D eigenvalue weighted by atomic mass is 9.90. The van der Waals surface area contributed by atoms with Gasteiger partial charge in [0.1, 0.15) is 5.15 Å². The van der Waals surface area contributed by atoms with Crippen molar-refractivity contribution in [1.29, 1.82) is 0 Å². The normalized spacial score (nSPS) is 11.2. The van der Waals surface area contributed by atoms with Gasteiger partial charge in [0, 0.05) is 17.2 Å². The minimum atomic E-state index is 0.428. The van der Waals surface area contributed by atoms with E-state index >= 15 is 0 Å². The predicted molar refractivity (Wildman–Crippen MR) is 138 cm³/mol. The van der Waals surface area contributed by atoms with Crippen molar-refractivity contribution in [1.82, 2.24) is 9.97 Å². The number of halogens is 1. The Kier molecular flexibility index (Phi) is 4.86. The van der Waals surface area contributed by atoms with Gasteiger partial charge in [-0.15, -0.1) is 0 Å². The zero-order valence-electron chi connectivity index (χ0n) is 17.7. The molecule has 3 heteroatoms. The van der Waals surface area contributed by atoms with E-state index in [1.165, 1.54) is 27.1 Å². The van der Waals surface area contributed by atoms with Crippen molar-refractivity contribution in [3.05, 3.63) is 120 Å². The monoisotopic (exact) mass is 442 g/mol. The van der Waals surface area contributed by atoms with Crippen LogP contribution in [0.1, 0.15) is 0 Å². The Hall–Kier alpha value is -4.01. The summed E-state index contributed by atoms with van der Waals surface area (Å²) in [4.78, 5) is 9.38. The Labute approximate surface area is 197 Å². The first-order valence-electron chi connectivity index (χ1n) is 10.9. The summed E-state index contributed by atoms with van der Waals surface area (Å²) in [7, 11) is 0. The largest absolute Gasteiger partial charge is 0.228 e. The second-order valence-electron chi connectivity index (χ2n) is 8.00. The first kappa shape index (κ1) is 19.7. The highest BCUT2D eigenvalue weighted by Crippen LogP contribution is 2.39. The van der Waals surface area contributed by atoms with E-state index in [-0.39, 0.29) is 0 Å². The number of nitrogens with zero attached hydrogens (tertiary/aromatic N) is 2. The molecule has 0 aliphatic carbocycles. The van der Waals surface area contributed by atoms with Crippen LogP contribution >= 0.6 is 11.6 Å². The zero-order chi connectivity index (χ0) is 22.2. The van der Waals surface area contributed by atoms with E-state index in [9.17, 15) is 0 Å². The summed E-state index contributed by atoms with van der Waals surface area (Å²) in [6.07, 6.45) is 0. The van der Waals surface area contributed by atoms with Crippen molar-refractivity contribution in [2.45, 2.75) is 0 Å². The van der Waals surface area contributed by atoms with Crippen molar-refractivity contribution in [3.63, 3.8) is 0 Å². The molecule has 2 nitrogen and oxygen atoms in total. The average molecular weight is 443 g/mol. The number of aromatic nitrogens is 2. The third-order valence-corrected chi connectivity index (χ3v) is 6.18. The highest BCUT2D eigenvalue weighted by Gasteiger charge is 2.15. The fourth-order valence-corrected chi connectivity index (χ4v) is 4.67. The van der Waals surface area contributed by atoms with Gasteiger partial charge in [-0.2, -0.15) is 0 Å². The molecule has 0 saturated heterocycles.